The molecule has 0 amide bonds. The summed E-state index contributed by atoms with van der Waals surface area (Å²) in [6.07, 6.45) is 3.71. The number of allylic oxidation sites excluding steroid dienone is 1. The second-order valence-corrected chi connectivity index (χ2v) is 7.54. The van der Waals surface area contributed by atoms with E-state index in [1.807, 2.05) is 0 Å². The average molecular weight is 306 g/mol. The van der Waals surface area contributed by atoms with Crippen LogP contribution in [-0.4, -0.2) is 42.8 Å². The van der Waals surface area contributed by atoms with Gasteiger partial charge in [-0.3, -0.25) is 9.59 Å². The van der Waals surface area contributed by atoms with Gasteiger partial charge in [-0.15, -0.1) is 0 Å². The summed E-state index contributed by atoms with van der Waals surface area (Å²) in [6.45, 7) is 6.50. The number of esters is 1. The Balaban J connectivity index is 1.82. The maximum Gasteiger partial charge on any atom is 0.302 e. The molecule has 0 radical (unpaired) electrons. The molecule has 5 atom stereocenters. The number of fused-ring (bicyclic) bond motifs is 2. The number of ketones is 1. The Bertz CT molecular complexity index is 590. The van der Waals surface area contributed by atoms with Crippen LogP contribution >= 0.6 is 0 Å². The highest BCUT2D eigenvalue weighted by Crippen LogP contribution is 2.70. The number of Topliss-reactive ketones (excluding diaryl/α,β-unsaturated/α-hetero) is 1. The third kappa shape index (κ3) is 1.51. The van der Waals surface area contributed by atoms with Crippen molar-refractivity contribution in [2.45, 2.75) is 57.8 Å². The number of hydrogen-bond acceptors (Lipinski definition) is 5. The normalized spacial score (nSPS) is 48.9. The zero-order valence-electron chi connectivity index (χ0n) is 13.3. The Morgan fingerprint density at radius 3 is 2.86 bits per heavy atom. The van der Waals surface area contributed by atoms with Gasteiger partial charge in [-0.05, 0) is 19.8 Å². The molecule has 120 valence electrons. The predicted molar refractivity (Wildman–Crippen MR) is 77.1 cm³/mol. The maximum atomic E-state index is 12.5. The summed E-state index contributed by atoms with van der Waals surface area (Å²) >= 11 is 0. The highest BCUT2D eigenvalue weighted by atomic mass is 16.6. The van der Waals surface area contributed by atoms with Crippen LogP contribution in [0.2, 0.25) is 0 Å². The van der Waals surface area contributed by atoms with E-state index in [-0.39, 0.29) is 28.7 Å². The minimum atomic E-state index is -0.500. The van der Waals surface area contributed by atoms with Crippen LogP contribution in [-0.2, 0) is 23.8 Å². The van der Waals surface area contributed by atoms with Crippen LogP contribution in [0.3, 0.4) is 0 Å². The van der Waals surface area contributed by atoms with Crippen LogP contribution in [0.5, 0.6) is 0 Å². The molecule has 5 heteroatoms. The second kappa shape index (κ2) is 4.20. The van der Waals surface area contributed by atoms with Crippen molar-refractivity contribution in [3.8, 4) is 0 Å². The number of carbonyl (C=O) groups excluding carboxylic acids is 2. The quantitative estimate of drug-likeness (QED) is 0.442. The van der Waals surface area contributed by atoms with E-state index in [0.29, 0.717) is 19.6 Å². The molecule has 0 aromatic carbocycles. The highest BCUT2D eigenvalue weighted by molar-refractivity contribution is 5.90. The highest BCUT2D eigenvalue weighted by Gasteiger charge is 2.81. The van der Waals surface area contributed by atoms with Crippen molar-refractivity contribution in [2.75, 3.05) is 13.2 Å². The van der Waals surface area contributed by atoms with E-state index in [9.17, 15) is 9.59 Å². The molecule has 1 spiro atoms. The molecule has 4 aliphatic rings. The summed E-state index contributed by atoms with van der Waals surface area (Å²) in [7, 11) is 0. The lowest BCUT2D eigenvalue weighted by Crippen LogP contribution is -2.64. The first-order valence-electron chi connectivity index (χ1n) is 7.97. The molecule has 2 bridgehead atoms. The number of ether oxygens (including phenoxy) is 3. The molecular weight excluding hydrogens is 284 g/mol. The van der Waals surface area contributed by atoms with E-state index in [1.165, 1.54) is 12.5 Å². The Kier molecular flexibility index (Phi) is 2.75. The van der Waals surface area contributed by atoms with Crippen LogP contribution in [0.4, 0.5) is 0 Å². The van der Waals surface area contributed by atoms with Gasteiger partial charge in [-0.1, -0.05) is 18.6 Å². The summed E-state index contributed by atoms with van der Waals surface area (Å²) in [4.78, 5) is 23.9. The third-order valence-electron chi connectivity index (χ3n) is 6.49. The molecule has 2 heterocycles. The Hall–Kier alpha value is -1.20. The Labute approximate surface area is 130 Å². The average Bonchev–Trinajstić information content (AvgIpc) is 3.21. The Morgan fingerprint density at radius 2 is 2.23 bits per heavy atom. The second-order valence-electron chi connectivity index (χ2n) is 7.54. The summed E-state index contributed by atoms with van der Waals surface area (Å²) in [6, 6.07) is 0. The SMILES string of the molecule is CC(=O)OCC12CCC(C)=CC1OC1C(=O)CC2(C)C12CO2. The van der Waals surface area contributed by atoms with Gasteiger partial charge in [0, 0.05) is 24.2 Å². The van der Waals surface area contributed by atoms with Crippen LogP contribution in [0.1, 0.15) is 40.0 Å². The van der Waals surface area contributed by atoms with E-state index >= 15 is 0 Å². The molecule has 3 fully saturated rings. The molecule has 1 saturated carbocycles. The van der Waals surface area contributed by atoms with Gasteiger partial charge in [0.2, 0.25) is 0 Å². The Morgan fingerprint density at radius 1 is 1.50 bits per heavy atom. The first-order chi connectivity index (χ1) is 10.3. The standard InChI is InChI=1S/C17H22O5/c1-10-4-5-16(8-20-11(2)18)13(6-10)22-14-12(19)7-15(16,3)17(14)9-21-17/h6,13-14H,4-5,7-9H2,1-3H3. The fourth-order valence-electron chi connectivity index (χ4n) is 4.98. The summed E-state index contributed by atoms with van der Waals surface area (Å²) in [5.74, 6) is -0.164. The van der Waals surface area contributed by atoms with Crippen molar-refractivity contribution in [1.29, 1.82) is 0 Å². The molecule has 0 aromatic rings. The largest absolute Gasteiger partial charge is 0.465 e. The van der Waals surface area contributed by atoms with E-state index in [1.54, 1.807) is 0 Å². The van der Waals surface area contributed by atoms with Crippen molar-refractivity contribution in [1.82, 2.24) is 0 Å². The molecule has 0 aromatic heterocycles. The van der Waals surface area contributed by atoms with Crippen molar-refractivity contribution < 1.29 is 23.8 Å². The molecule has 2 aliphatic carbocycles. The van der Waals surface area contributed by atoms with Crippen molar-refractivity contribution >= 4 is 11.8 Å². The number of hydrogen-bond donors (Lipinski definition) is 0. The smallest absolute Gasteiger partial charge is 0.302 e. The number of rotatable bonds is 2. The van der Waals surface area contributed by atoms with E-state index < -0.39 is 11.7 Å². The summed E-state index contributed by atoms with van der Waals surface area (Å²) in [5.41, 5.74) is 0.0562. The first-order valence-corrected chi connectivity index (χ1v) is 7.97. The van der Waals surface area contributed by atoms with Crippen LogP contribution in [0.15, 0.2) is 11.6 Å². The van der Waals surface area contributed by atoms with Gasteiger partial charge in [-0.25, -0.2) is 0 Å². The number of epoxide rings is 1. The topological polar surface area (TPSA) is 65.1 Å². The first kappa shape index (κ1) is 14.4. The van der Waals surface area contributed by atoms with Crippen molar-refractivity contribution in [2.24, 2.45) is 10.8 Å². The van der Waals surface area contributed by atoms with Gasteiger partial charge in [0.05, 0.1) is 12.7 Å². The van der Waals surface area contributed by atoms with Crippen LogP contribution in [0, 0.1) is 10.8 Å². The molecule has 5 nitrogen and oxygen atoms in total. The molecule has 2 aliphatic heterocycles. The van der Waals surface area contributed by atoms with Gasteiger partial charge in [-0.2, -0.15) is 0 Å². The van der Waals surface area contributed by atoms with Gasteiger partial charge in [0.1, 0.15) is 18.3 Å². The van der Waals surface area contributed by atoms with Crippen molar-refractivity contribution in [3.63, 3.8) is 0 Å². The fraction of sp³-hybridized carbons (Fsp3) is 0.765. The lowest BCUT2D eigenvalue weighted by molar-refractivity contribution is -0.216. The third-order valence-corrected chi connectivity index (χ3v) is 6.49. The summed E-state index contributed by atoms with van der Waals surface area (Å²) < 4.78 is 17.4. The van der Waals surface area contributed by atoms with Crippen LogP contribution < -0.4 is 0 Å². The molecule has 0 N–H and O–H groups in total. The molecule has 4 rings (SSSR count). The minimum absolute atomic E-state index is 0.127. The van der Waals surface area contributed by atoms with Gasteiger partial charge >= 0.3 is 5.97 Å². The van der Waals surface area contributed by atoms with Gasteiger partial charge in [0.25, 0.3) is 0 Å². The lowest BCUT2D eigenvalue weighted by Gasteiger charge is -2.56. The molecule has 22 heavy (non-hydrogen) atoms. The predicted octanol–water partition coefficient (Wildman–Crippen LogP) is 1.79. The summed E-state index contributed by atoms with van der Waals surface area (Å²) in [5, 5.41) is 0. The monoisotopic (exact) mass is 306 g/mol. The maximum absolute atomic E-state index is 12.5. The van der Waals surface area contributed by atoms with Crippen LogP contribution in [0.25, 0.3) is 0 Å². The van der Waals surface area contributed by atoms with E-state index in [2.05, 4.69) is 19.9 Å². The lowest BCUT2D eigenvalue weighted by atomic mass is 9.52. The zero-order valence-corrected chi connectivity index (χ0v) is 13.3. The van der Waals surface area contributed by atoms with E-state index in [4.69, 9.17) is 14.2 Å². The van der Waals surface area contributed by atoms with E-state index in [0.717, 1.165) is 12.8 Å². The minimum Gasteiger partial charge on any atom is -0.465 e. The van der Waals surface area contributed by atoms with Gasteiger partial charge < -0.3 is 14.2 Å². The molecular formula is C17H22O5. The molecule has 5 unspecified atom stereocenters. The van der Waals surface area contributed by atoms with Gasteiger partial charge in [0.15, 0.2) is 5.78 Å². The molecule has 2 saturated heterocycles. The number of carbonyl (C=O) groups is 2. The fourth-order valence-corrected chi connectivity index (χ4v) is 4.98. The zero-order chi connectivity index (χ0) is 15.8. The van der Waals surface area contributed by atoms with Crippen molar-refractivity contribution in [3.05, 3.63) is 11.6 Å².